The summed E-state index contributed by atoms with van der Waals surface area (Å²) in [5.74, 6) is 2.82. The summed E-state index contributed by atoms with van der Waals surface area (Å²) in [6.07, 6.45) is 9.59. The largest absolute Gasteiger partial charge is 0.469 e. The third-order valence-corrected chi connectivity index (χ3v) is 11.8. The summed E-state index contributed by atoms with van der Waals surface area (Å²) in [6.45, 7) is 7.11. The Hall–Kier alpha value is -1.88. The minimum Gasteiger partial charge on any atom is -0.469 e. The van der Waals surface area contributed by atoms with Gasteiger partial charge in [-0.25, -0.2) is 4.79 Å². The Labute approximate surface area is 222 Å². The fraction of sp³-hybridized carbons (Fsp3) is 0.750. The molecule has 10 atom stereocenters. The summed E-state index contributed by atoms with van der Waals surface area (Å²) in [5, 5.41) is 11.8. The summed E-state index contributed by atoms with van der Waals surface area (Å²) in [4.78, 5) is 24.5. The van der Waals surface area contributed by atoms with Crippen molar-refractivity contribution in [2.45, 2.75) is 97.2 Å². The number of rotatable bonds is 6. The Balaban J connectivity index is 1.27. The minimum absolute atomic E-state index is 0.00682. The number of carbonyl (C=O) groups excluding carboxylic acids is 2. The molecule has 1 aromatic carbocycles. The predicted octanol–water partition coefficient (Wildman–Crippen LogP) is 6.43. The van der Waals surface area contributed by atoms with Crippen molar-refractivity contribution in [1.82, 2.24) is 0 Å². The van der Waals surface area contributed by atoms with E-state index in [1.165, 1.54) is 26.4 Å². The number of esters is 2. The lowest BCUT2D eigenvalue weighted by Crippen LogP contribution is -2.59. The van der Waals surface area contributed by atoms with Crippen LogP contribution >= 0.6 is 0 Å². The second-order valence-corrected chi connectivity index (χ2v) is 13.2. The first-order valence-corrected chi connectivity index (χ1v) is 14.7. The highest BCUT2D eigenvalue weighted by molar-refractivity contribution is 5.89. The van der Waals surface area contributed by atoms with Gasteiger partial charge in [0.2, 0.25) is 0 Å². The molecule has 5 rings (SSSR count). The maximum atomic E-state index is 12.7. The van der Waals surface area contributed by atoms with Gasteiger partial charge in [0.05, 0.1) is 18.8 Å². The van der Waals surface area contributed by atoms with Crippen molar-refractivity contribution in [3.63, 3.8) is 0 Å². The van der Waals surface area contributed by atoms with E-state index in [-0.39, 0.29) is 35.0 Å². The van der Waals surface area contributed by atoms with Crippen LogP contribution in [-0.2, 0) is 14.3 Å². The fourth-order valence-corrected chi connectivity index (χ4v) is 9.69. The van der Waals surface area contributed by atoms with E-state index in [2.05, 4.69) is 20.8 Å². The van der Waals surface area contributed by atoms with Crippen molar-refractivity contribution in [2.75, 3.05) is 7.11 Å². The molecule has 4 fully saturated rings. The molecule has 0 radical (unpaired) electrons. The number of hydrogen-bond acceptors (Lipinski definition) is 5. The van der Waals surface area contributed by atoms with E-state index in [0.717, 1.165) is 38.5 Å². The highest BCUT2D eigenvalue weighted by Crippen LogP contribution is 2.68. The van der Waals surface area contributed by atoms with Crippen LogP contribution in [0.15, 0.2) is 30.3 Å². The molecule has 4 aliphatic carbocycles. The number of benzene rings is 1. The first kappa shape index (κ1) is 26.7. The number of aliphatic hydroxyl groups excluding tert-OH is 1. The molecule has 0 saturated heterocycles. The van der Waals surface area contributed by atoms with Crippen LogP contribution in [0.1, 0.15) is 95.3 Å². The van der Waals surface area contributed by atoms with Gasteiger partial charge in [0.1, 0.15) is 6.10 Å². The molecule has 5 nitrogen and oxygen atoms in total. The van der Waals surface area contributed by atoms with Crippen molar-refractivity contribution >= 4 is 11.9 Å². The topological polar surface area (TPSA) is 72.8 Å². The molecule has 0 aliphatic heterocycles. The van der Waals surface area contributed by atoms with Crippen molar-refractivity contribution < 1.29 is 24.2 Å². The standard InChI is InChI=1S/C32H46O5/c1-20(10-15-29(34)36-4)25-13-14-26-24-12-11-22-18-23(37-30(35)21-8-6-5-7-9-21)16-17-31(22,2)27(24)19-28(33)32(25,26)3/h5-9,20,22-28,33H,10-19H2,1-4H3/t20-,22-,23-,24+,25?,26+,27?,28-,31+,32-/m1/s1. The van der Waals surface area contributed by atoms with Gasteiger partial charge in [0.15, 0.2) is 0 Å². The molecule has 4 aliphatic rings. The van der Waals surface area contributed by atoms with Crippen LogP contribution in [0.5, 0.6) is 0 Å². The van der Waals surface area contributed by atoms with E-state index in [1.54, 1.807) is 0 Å². The van der Waals surface area contributed by atoms with Crippen LogP contribution in [0.25, 0.3) is 0 Å². The first-order chi connectivity index (χ1) is 17.7. The van der Waals surface area contributed by atoms with Crippen LogP contribution < -0.4 is 0 Å². The molecule has 0 spiro atoms. The van der Waals surface area contributed by atoms with E-state index >= 15 is 0 Å². The lowest BCUT2D eigenvalue weighted by atomic mass is 9.43. The number of ether oxygens (including phenoxy) is 2. The SMILES string of the molecule is COC(=O)CC[C@@H](C)C1CC[C@H]2[C@@H]3CC[C@@H]4C[C@H](OC(=O)c5ccccc5)CC[C@]4(C)C3C[C@@H](O)[C@]12C. The molecule has 0 bridgehead atoms. The van der Waals surface area contributed by atoms with Crippen molar-refractivity contribution in [3.05, 3.63) is 35.9 Å². The summed E-state index contributed by atoms with van der Waals surface area (Å²) in [7, 11) is 1.46. The van der Waals surface area contributed by atoms with Crippen LogP contribution in [0.4, 0.5) is 0 Å². The fourth-order valence-electron chi connectivity index (χ4n) is 9.69. The molecule has 204 valence electrons. The van der Waals surface area contributed by atoms with E-state index in [1.807, 2.05) is 30.3 Å². The first-order valence-electron chi connectivity index (χ1n) is 14.7. The van der Waals surface area contributed by atoms with Crippen LogP contribution in [-0.4, -0.2) is 36.4 Å². The number of aliphatic hydroxyl groups is 1. The van der Waals surface area contributed by atoms with Gasteiger partial charge >= 0.3 is 11.9 Å². The van der Waals surface area contributed by atoms with Gasteiger partial charge in [-0.2, -0.15) is 0 Å². The smallest absolute Gasteiger partial charge is 0.338 e. The number of fused-ring (bicyclic) bond motifs is 5. The molecule has 0 amide bonds. The molecular formula is C32H46O5. The summed E-state index contributed by atoms with van der Waals surface area (Å²) >= 11 is 0. The van der Waals surface area contributed by atoms with Crippen LogP contribution in [0.3, 0.4) is 0 Å². The van der Waals surface area contributed by atoms with Crippen molar-refractivity contribution in [1.29, 1.82) is 0 Å². The van der Waals surface area contributed by atoms with Gasteiger partial charge in [-0.05, 0) is 116 Å². The predicted molar refractivity (Wildman–Crippen MR) is 143 cm³/mol. The second-order valence-electron chi connectivity index (χ2n) is 13.2. The Morgan fingerprint density at radius 3 is 2.51 bits per heavy atom. The minimum atomic E-state index is -0.295. The molecule has 1 N–H and O–H groups in total. The highest BCUT2D eigenvalue weighted by Gasteiger charge is 2.63. The zero-order chi connectivity index (χ0) is 26.4. The maximum Gasteiger partial charge on any atom is 0.338 e. The van der Waals surface area contributed by atoms with E-state index in [4.69, 9.17) is 9.47 Å². The molecule has 4 saturated carbocycles. The molecular weight excluding hydrogens is 464 g/mol. The molecule has 2 unspecified atom stereocenters. The zero-order valence-electron chi connectivity index (χ0n) is 23.2. The molecule has 37 heavy (non-hydrogen) atoms. The van der Waals surface area contributed by atoms with E-state index in [9.17, 15) is 14.7 Å². The van der Waals surface area contributed by atoms with Crippen LogP contribution in [0.2, 0.25) is 0 Å². The third-order valence-electron chi connectivity index (χ3n) is 11.8. The Morgan fingerprint density at radius 1 is 1.03 bits per heavy atom. The Kier molecular flexibility index (Phi) is 7.48. The summed E-state index contributed by atoms with van der Waals surface area (Å²) < 4.78 is 10.9. The van der Waals surface area contributed by atoms with Crippen molar-refractivity contribution in [2.24, 2.45) is 46.3 Å². The normalized spacial score (nSPS) is 41.6. The average Bonchev–Trinajstić information content (AvgIpc) is 3.27. The molecule has 0 aromatic heterocycles. The van der Waals surface area contributed by atoms with E-state index < -0.39 is 0 Å². The molecule has 1 aromatic rings. The molecule has 0 heterocycles. The second kappa shape index (κ2) is 10.4. The average molecular weight is 511 g/mol. The summed E-state index contributed by atoms with van der Waals surface area (Å²) in [6, 6.07) is 9.33. The Bertz CT molecular complexity index is 977. The lowest BCUT2D eigenvalue weighted by molar-refractivity contribution is -0.175. The van der Waals surface area contributed by atoms with Gasteiger partial charge in [-0.3, -0.25) is 4.79 Å². The Morgan fingerprint density at radius 2 is 1.78 bits per heavy atom. The number of carbonyl (C=O) groups is 2. The maximum absolute atomic E-state index is 12.7. The number of hydrogen-bond donors (Lipinski definition) is 1. The monoisotopic (exact) mass is 510 g/mol. The zero-order valence-corrected chi connectivity index (χ0v) is 23.2. The van der Waals surface area contributed by atoms with Gasteiger partial charge < -0.3 is 14.6 Å². The third kappa shape index (κ3) is 4.64. The van der Waals surface area contributed by atoms with Crippen LogP contribution in [0, 0.1) is 46.3 Å². The van der Waals surface area contributed by atoms with E-state index in [0.29, 0.717) is 47.5 Å². The van der Waals surface area contributed by atoms with Gasteiger partial charge in [0.25, 0.3) is 0 Å². The number of methoxy groups -OCH3 is 1. The van der Waals surface area contributed by atoms with Gasteiger partial charge in [0, 0.05) is 6.42 Å². The highest BCUT2D eigenvalue weighted by atomic mass is 16.5. The summed E-state index contributed by atoms with van der Waals surface area (Å²) in [5.41, 5.74) is 0.767. The molecule has 5 heteroatoms. The quantitative estimate of drug-likeness (QED) is 0.447. The van der Waals surface area contributed by atoms with Crippen molar-refractivity contribution in [3.8, 4) is 0 Å². The lowest BCUT2D eigenvalue weighted by Gasteiger charge is -2.62. The van der Waals surface area contributed by atoms with Gasteiger partial charge in [-0.1, -0.05) is 39.0 Å². The van der Waals surface area contributed by atoms with Gasteiger partial charge in [-0.15, -0.1) is 0 Å².